The number of rotatable bonds is 6. The molecule has 1 aliphatic rings. The van der Waals surface area contributed by atoms with E-state index in [4.69, 9.17) is 24.1 Å². The first-order valence-corrected chi connectivity index (χ1v) is 5.66. The molecular formula is C11H18O8. The Morgan fingerprint density at radius 1 is 1.32 bits per heavy atom. The van der Waals surface area contributed by atoms with Gasteiger partial charge in [0, 0.05) is 14.2 Å². The second-order valence-corrected chi connectivity index (χ2v) is 4.13. The van der Waals surface area contributed by atoms with Crippen LogP contribution in [-0.2, 0) is 28.5 Å². The van der Waals surface area contributed by atoms with Gasteiger partial charge in [0.1, 0.15) is 24.4 Å². The highest BCUT2D eigenvalue weighted by Crippen LogP contribution is 2.35. The van der Waals surface area contributed by atoms with Gasteiger partial charge in [-0.3, -0.25) is 9.59 Å². The van der Waals surface area contributed by atoms with Crippen molar-refractivity contribution in [2.75, 3.05) is 20.8 Å². The molecule has 0 aromatic carbocycles. The Balaban J connectivity index is 2.86. The molecule has 0 aromatic heterocycles. The Kier molecular flexibility index (Phi) is 5.39. The molecule has 0 aromatic rings. The molecule has 0 spiro atoms. The molecule has 0 saturated carbocycles. The van der Waals surface area contributed by atoms with Gasteiger partial charge in [0.2, 0.25) is 6.10 Å². The largest absolute Gasteiger partial charge is 0.450 e. The van der Waals surface area contributed by atoms with Crippen LogP contribution in [0.2, 0.25) is 0 Å². The van der Waals surface area contributed by atoms with Crippen LogP contribution in [0, 0.1) is 0 Å². The number of Topliss-reactive ketones (excluding diaryl/α,β-unsaturated/α-hetero) is 1. The molecule has 1 rings (SSSR count). The topological polar surface area (TPSA) is 112 Å². The molecule has 0 amide bonds. The standard InChI is InChI=1S/C11H18O8/c1-6(13)4-8(14)18-10-9(15)7(5-12)19-11(10,16-2)17-3/h7,9-10,12,15H,4-5H2,1-3H3/t7-,9-,10-/m1/s1. The molecule has 19 heavy (non-hydrogen) atoms. The van der Waals surface area contributed by atoms with Gasteiger partial charge in [0.25, 0.3) is 0 Å². The van der Waals surface area contributed by atoms with E-state index in [0.717, 1.165) is 0 Å². The van der Waals surface area contributed by atoms with Gasteiger partial charge >= 0.3 is 11.9 Å². The summed E-state index contributed by atoms with van der Waals surface area (Å²) >= 11 is 0. The third kappa shape index (κ3) is 3.28. The Morgan fingerprint density at radius 2 is 1.89 bits per heavy atom. The highest BCUT2D eigenvalue weighted by atomic mass is 16.9. The molecule has 0 aliphatic carbocycles. The summed E-state index contributed by atoms with van der Waals surface area (Å²) in [6.45, 7) is 0.732. The van der Waals surface area contributed by atoms with Crippen LogP contribution in [0.4, 0.5) is 0 Å². The van der Waals surface area contributed by atoms with Gasteiger partial charge in [0.05, 0.1) is 6.61 Å². The highest BCUT2D eigenvalue weighted by Gasteiger charge is 2.58. The predicted octanol–water partition coefficient (Wildman–Crippen LogP) is -1.42. The van der Waals surface area contributed by atoms with Crippen molar-refractivity contribution in [1.29, 1.82) is 0 Å². The van der Waals surface area contributed by atoms with E-state index in [1.54, 1.807) is 0 Å². The number of esters is 1. The van der Waals surface area contributed by atoms with E-state index >= 15 is 0 Å². The monoisotopic (exact) mass is 278 g/mol. The van der Waals surface area contributed by atoms with Crippen LogP contribution >= 0.6 is 0 Å². The van der Waals surface area contributed by atoms with E-state index in [0.29, 0.717) is 0 Å². The first-order chi connectivity index (χ1) is 8.90. The van der Waals surface area contributed by atoms with E-state index in [1.807, 2.05) is 0 Å². The van der Waals surface area contributed by atoms with Crippen LogP contribution in [0.1, 0.15) is 13.3 Å². The number of ketones is 1. The fraction of sp³-hybridized carbons (Fsp3) is 0.818. The molecule has 0 bridgehead atoms. The van der Waals surface area contributed by atoms with Gasteiger partial charge in [-0.05, 0) is 6.92 Å². The van der Waals surface area contributed by atoms with Gasteiger partial charge < -0.3 is 29.2 Å². The summed E-state index contributed by atoms with van der Waals surface area (Å²) in [5.74, 6) is -3.02. The maximum Gasteiger partial charge on any atom is 0.325 e. The van der Waals surface area contributed by atoms with Crippen LogP contribution in [0.5, 0.6) is 0 Å². The maximum absolute atomic E-state index is 11.5. The summed E-state index contributed by atoms with van der Waals surface area (Å²) < 4.78 is 20.2. The van der Waals surface area contributed by atoms with Gasteiger partial charge in [0.15, 0.2) is 0 Å². The summed E-state index contributed by atoms with van der Waals surface area (Å²) in [4.78, 5) is 22.3. The number of carbonyl (C=O) groups excluding carboxylic acids is 2. The minimum Gasteiger partial charge on any atom is -0.450 e. The zero-order valence-electron chi connectivity index (χ0n) is 11.0. The molecule has 8 heteroatoms. The van der Waals surface area contributed by atoms with Crippen molar-refractivity contribution in [3.05, 3.63) is 0 Å². The van der Waals surface area contributed by atoms with Crippen LogP contribution in [0.3, 0.4) is 0 Å². The van der Waals surface area contributed by atoms with Crippen LogP contribution in [-0.4, -0.2) is 67.1 Å². The minimum atomic E-state index is -1.81. The van der Waals surface area contributed by atoms with Crippen molar-refractivity contribution < 1.29 is 38.7 Å². The third-order valence-electron chi connectivity index (χ3n) is 2.76. The second kappa shape index (κ2) is 6.40. The fourth-order valence-corrected chi connectivity index (χ4v) is 1.84. The number of hydrogen-bond donors (Lipinski definition) is 2. The van der Waals surface area contributed by atoms with Crippen LogP contribution < -0.4 is 0 Å². The first kappa shape index (κ1) is 16.0. The zero-order valence-corrected chi connectivity index (χ0v) is 11.0. The smallest absolute Gasteiger partial charge is 0.325 e. The molecule has 110 valence electrons. The van der Waals surface area contributed by atoms with Crippen LogP contribution in [0.15, 0.2) is 0 Å². The molecule has 1 aliphatic heterocycles. The summed E-state index contributed by atoms with van der Waals surface area (Å²) in [6, 6.07) is 0. The Hall–Kier alpha value is -1.06. The number of ether oxygens (including phenoxy) is 4. The molecule has 1 fully saturated rings. The normalized spacial score (nSPS) is 29.2. The molecule has 2 N–H and O–H groups in total. The Bertz CT molecular complexity index is 338. The predicted molar refractivity (Wildman–Crippen MR) is 59.9 cm³/mol. The number of aliphatic hydroxyl groups is 2. The number of aliphatic hydroxyl groups excluding tert-OH is 2. The van der Waals surface area contributed by atoms with Gasteiger partial charge in [-0.1, -0.05) is 0 Å². The number of hydrogen-bond acceptors (Lipinski definition) is 8. The van der Waals surface area contributed by atoms with E-state index in [9.17, 15) is 14.7 Å². The van der Waals surface area contributed by atoms with Gasteiger partial charge in [-0.15, -0.1) is 0 Å². The second-order valence-electron chi connectivity index (χ2n) is 4.13. The summed E-state index contributed by atoms with van der Waals surface area (Å²) in [5, 5.41) is 19.0. The highest BCUT2D eigenvalue weighted by molar-refractivity contribution is 5.94. The van der Waals surface area contributed by atoms with Crippen molar-refractivity contribution in [2.24, 2.45) is 0 Å². The van der Waals surface area contributed by atoms with Crippen LogP contribution in [0.25, 0.3) is 0 Å². The third-order valence-corrected chi connectivity index (χ3v) is 2.76. The fourth-order valence-electron chi connectivity index (χ4n) is 1.84. The van der Waals surface area contributed by atoms with Crippen molar-refractivity contribution in [2.45, 2.75) is 37.6 Å². The molecular weight excluding hydrogens is 260 g/mol. The summed E-state index contributed by atoms with van der Waals surface area (Å²) in [5.41, 5.74) is 0. The number of methoxy groups -OCH3 is 2. The minimum absolute atomic E-state index is 0.377. The lowest BCUT2D eigenvalue weighted by Gasteiger charge is -2.30. The van der Waals surface area contributed by atoms with E-state index in [1.165, 1.54) is 21.1 Å². The average Bonchev–Trinajstić information content (AvgIpc) is 2.63. The molecule has 0 unspecified atom stereocenters. The molecule has 3 atom stereocenters. The van der Waals surface area contributed by atoms with Crippen molar-refractivity contribution in [3.63, 3.8) is 0 Å². The van der Waals surface area contributed by atoms with Crippen molar-refractivity contribution >= 4 is 11.8 Å². The number of carbonyl (C=O) groups is 2. The van der Waals surface area contributed by atoms with Gasteiger partial charge in [-0.2, -0.15) is 0 Å². The first-order valence-electron chi connectivity index (χ1n) is 5.66. The lowest BCUT2D eigenvalue weighted by atomic mass is 10.1. The van der Waals surface area contributed by atoms with Crippen molar-refractivity contribution in [1.82, 2.24) is 0 Å². The Morgan fingerprint density at radius 3 is 2.32 bits per heavy atom. The summed E-state index contributed by atoms with van der Waals surface area (Å²) in [6.07, 6.45) is -4.08. The Labute approximate surface area is 110 Å². The molecule has 0 radical (unpaired) electrons. The van der Waals surface area contributed by atoms with E-state index < -0.39 is 43.3 Å². The average molecular weight is 278 g/mol. The molecule has 1 saturated heterocycles. The summed E-state index contributed by atoms with van der Waals surface area (Å²) in [7, 11) is 2.48. The molecule has 1 heterocycles. The lowest BCUT2D eigenvalue weighted by molar-refractivity contribution is -0.378. The van der Waals surface area contributed by atoms with Gasteiger partial charge in [-0.25, -0.2) is 0 Å². The maximum atomic E-state index is 11.5. The van der Waals surface area contributed by atoms with E-state index in [-0.39, 0.29) is 5.78 Å². The molecule has 8 nitrogen and oxygen atoms in total. The zero-order chi connectivity index (χ0) is 14.6. The quantitative estimate of drug-likeness (QED) is 0.346. The SMILES string of the molecule is COC1(OC)O[C@H](CO)[C@@H](O)[C@H]1OC(=O)CC(C)=O. The van der Waals surface area contributed by atoms with E-state index in [2.05, 4.69) is 0 Å². The van der Waals surface area contributed by atoms with Crippen molar-refractivity contribution in [3.8, 4) is 0 Å². The lowest BCUT2D eigenvalue weighted by Crippen LogP contribution is -2.49.